The zero-order valence-electron chi connectivity index (χ0n) is 14.9. The number of halogens is 5. The van der Waals surface area contributed by atoms with Crippen LogP contribution in [0.25, 0.3) is 0 Å². The van der Waals surface area contributed by atoms with Gasteiger partial charge in [0.25, 0.3) is 0 Å². The van der Waals surface area contributed by atoms with Gasteiger partial charge < -0.3 is 14.5 Å². The van der Waals surface area contributed by atoms with Gasteiger partial charge in [-0.3, -0.25) is 9.59 Å². The molecule has 0 bridgehead atoms. The fourth-order valence-electron chi connectivity index (χ4n) is 2.84. The number of para-hydroxylation sites is 2. The molecule has 2 amide bonds. The number of hydrogen-bond acceptors (Lipinski definition) is 3. The van der Waals surface area contributed by atoms with Crippen LogP contribution in [0, 0.1) is 5.41 Å². The highest BCUT2D eigenvalue weighted by atomic mass is 35.5. The van der Waals surface area contributed by atoms with Crippen LogP contribution in [-0.2, 0) is 9.59 Å². The Kier molecular flexibility index (Phi) is 6.21. The standard InChI is InChI=1S/C17H19Cl2F3N2O3/c1-16(2,14(18)19)15(26)23(3)11-8-9-24(13(11)25)10-6-4-5-7-12(10)27-17(20,21)22/h4-7,11,14H,8-9H2,1-3H3. The molecule has 2 rings (SSSR count). The molecule has 5 nitrogen and oxygen atoms in total. The molecule has 1 aromatic carbocycles. The van der Waals surface area contributed by atoms with Crippen molar-refractivity contribution >= 4 is 40.7 Å². The van der Waals surface area contributed by atoms with Crippen molar-refractivity contribution in [3.63, 3.8) is 0 Å². The molecule has 0 N–H and O–H groups in total. The second kappa shape index (κ2) is 7.75. The second-order valence-electron chi connectivity index (χ2n) is 6.75. The maximum Gasteiger partial charge on any atom is 0.573 e. The summed E-state index contributed by atoms with van der Waals surface area (Å²) in [5.41, 5.74) is -1.13. The average molecular weight is 427 g/mol. The van der Waals surface area contributed by atoms with Crippen LogP contribution in [0.15, 0.2) is 24.3 Å². The van der Waals surface area contributed by atoms with Crippen LogP contribution in [0.1, 0.15) is 20.3 Å². The summed E-state index contributed by atoms with van der Waals surface area (Å²) in [6, 6.07) is 4.54. The lowest BCUT2D eigenvalue weighted by molar-refractivity contribution is -0.274. The Morgan fingerprint density at radius 3 is 2.44 bits per heavy atom. The van der Waals surface area contributed by atoms with Gasteiger partial charge in [-0.05, 0) is 32.4 Å². The van der Waals surface area contributed by atoms with Gasteiger partial charge in [-0.1, -0.05) is 12.1 Å². The van der Waals surface area contributed by atoms with E-state index in [2.05, 4.69) is 4.74 Å². The Balaban J connectivity index is 2.24. The van der Waals surface area contributed by atoms with E-state index in [-0.39, 0.29) is 18.7 Å². The lowest BCUT2D eigenvalue weighted by Gasteiger charge is -2.33. The Bertz CT molecular complexity index is 726. The zero-order valence-corrected chi connectivity index (χ0v) is 16.4. The molecule has 1 unspecified atom stereocenters. The number of alkyl halides is 5. The molecule has 1 aliphatic heterocycles. The number of carbonyl (C=O) groups excluding carboxylic acids is 2. The predicted molar refractivity (Wildman–Crippen MR) is 95.9 cm³/mol. The third kappa shape index (κ3) is 4.60. The van der Waals surface area contributed by atoms with E-state index in [0.717, 1.165) is 6.07 Å². The summed E-state index contributed by atoms with van der Waals surface area (Å²) >= 11 is 11.7. The van der Waals surface area contributed by atoms with Crippen molar-refractivity contribution in [2.75, 3.05) is 18.5 Å². The van der Waals surface area contributed by atoms with E-state index in [4.69, 9.17) is 23.2 Å². The van der Waals surface area contributed by atoms with E-state index < -0.39 is 40.2 Å². The molecular formula is C17H19Cl2F3N2O3. The number of anilines is 1. The molecule has 1 saturated heterocycles. The summed E-state index contributed by atoms with van der Waals surface area (Å²) in [5.74, 6) is -1.41. The van der Waals surface area contributed by atoms with Crippen molar-refractivity contribution in [2.45, 2.75) is 37.5 Å². The Hall–Kier alpha value is -1.67. The van der Waals surface area contributed by atoms with Crippen LogP contribution < -0.4 is 9.64 Å². The average Bonchev–Trinajstić information content (AvgIpc) is 2.93. The molecule has 1 atom stereocenters. The van der Waals surface area contributed by atoms with Gasteiger partial charge in [0, 0.05) is 13.6 Å². The van der Waals surface area contributed by atoms with Crippen LogP contribution in [0.5, 0.6) is 5.75 Å². The number of amides is 2. The number of likely N-dealkylation sites (N-methyl/N-ethyl adjacent to an activating group) is 1. The summed E-state index contributed by atoms with van der Waals surface area (Å²) in [6.07, 6.45) is -4.63. The third-order valence-electron chi connectivity index (χ3n) is 4.44. The van der Waals surface area contributed by atoms with E-state index in [1.54, 1.807) is 13.8 Å². The lowest BCUT2D eigenvalue weighted by atomic mass is 9.93. The quantitative estimate of drug-likeness (QED) is 0.669. The van der Waals surface area contributed by atoms with Crippen molar-refractivity contribution in [3.05, 3.63) is 24.3 Å². The number of nitrogens with zero attached hydrogens (tertiary/aromatic N) is 2. The molecular weight excluding hydrogens is 408 g/mol. The van der Waals surface area contributed by atoms with Gasteiger partial charge >= 0.3 is 6.36 Å². The van der Waals surface area contributed by atoms with Crippen molar-refractivity contribution in [1.82, 2.24) is 4.90 Å². The van der Waals surface area contributed by atoms with E-state index in [1.807, 2.05) is 0 Å². The summed E-state index contributed by atoms with van der Waals surface area (Å²) in [7, 11) is 1.45. The number of ether oxygens (including phenoxy) is 1. The van der Waals surface area contributed by atoms with Crippen LogP contribution in [0.2, 0.25) is 0 Å². The molecule has 0 aliphatic carbocycles. The molecule has 1 heterocycles. The van der Waals surface area contributed by atoms with Crippen LogP contribution in [-0.4, -0.2) is 47.5 Å². The maximum absolute atomic E-state index is 12.8. The highest BCUT2D eigenvalue weighted by Crippen LogP contribution is 2.37. The lowest BCUT2D eigenvalue weighted by Crippen LogP contribution is -2.49. The van der Waals surface area contributed by atoms with Crippen LogP contribution in [0.4, 0.5) is 18.9 Å². The van der Waals surface area contributed by atoms with Crippen LogP contribution in [0.3, 0.4) is 0 Å². The van der Waals surface area contributed by atoms with Gasteiger partial charge in [-0.2, -0.15) is 0 Å². The number of rotatable bonds is 5. The molecule has 0 radical (unpaired) electrons. The molecule has 1 aromatic rings. The summed E-state index contributed by atoms with van der Waals surface area (Å²) in [5, 5.41) is 0. The Morgan fingerprint density at radius 2 is 1.89 bits per heavy atom. The first-order valence-electron chi connectivity index (χ1n) is 8.08. The molecule has 10 heteroatoms. The molecule has 1 aliphatic rings. The van der Waals surface area contributed by atoms with Crippen molar-refractivity contribution < 1.29 is 27.5 Å². The van der Waals surface area contributed by atoms with Gasteiger partial charge in [0.05, 0.1) is 11.1 Å². The van der Waals surface area contributed by atoms with E-state index >= 15 is 0 Å². The zero-order chi connectivity index (χ0) is 20.6. The van der Waals surface area contributed by atoms with Gasteiger partial charge in [-0.25, -0.2) is 0 Å². The highest BCUT2D eigenvalue weighted by Gasteiger charge is 2.44. The summed E-state index contributed by atoms with van der Waals surface area (Å²) in [6.45, 7) is 3.26. The predicted octanol–water partition coefficient (Wildman–Crippen LogP) is 3.98. The SMILES string of the molecule is CN(C(=O)C(C)(C)C(Cl)Cl)C1CCN(c2ccccc2OC(F)(F)F)C1=O. The van der Waals surface area contributed by atoms with Gasteiger partial charge in [0.2, 0.25) is 11.8 Å². The monoisotopic (exact) mass is 426 g/mol. The van der Waals surface area contributed by atoms with Crippen molar-refractivity contribution in [1.29, 1.82) is 0 Å². The molecule has 27 heavy (non-hydrogen) atoms. The molecule has 150 valence electrons. The van der Waals surface area contributed by atoms with E-state index in [9.17, 15) is 22.8 Å². The smallest absolute Gasteiger partial charge is 0.404 e. The first kappa shape index (κ1) is 21.6. The Labute approximate surface area is 164 Å². The molecule has 1 fully saturated rings. The first-order chi connectivity index (χ1) is 12.4. The summed E-state index contributed by atoms with van der Waals surface area (Å²) in [4.78, 5) is 26.9. The number of carbonyl (C=O) groups is 2. The molecule has 0 aromatic heterocycles. The minimum Gasteiger partial charge on any atom is -0.404 e. The van der Waals surface area contributed by atoms with Crippen molar-refractivity contribution in [2.24, 2.45) is 5.41 Å². The molecule has 0 spiro atoms. The van der Waals surface area contributed by atoms with E-state index in [0.29, 0.717) is 0 Å². The topological polar surface area (TPSA) is 49.9 Å². The van der Waals surface area contributed by atoms with Crippen LogP contribution >= 0.6 is 23.2 Å². The normalized spacial score (nSPS) is 18.2. The van der Waals surface area contributed by atoms with Gasteiger partial charge in [-0.15, -0.1) is 36.4 Å². The maximum atomic E-state index is 12.8. The third-order valence-corrected chi connectivity index (χ3v) is 5.53. The fourth-order valence-corrected chi connectivity index (χ4v) is 3.03. The largest absolute Gasteiger partial charge is 0.573 e. The summed E-state index contributed by atoms with van der Waals surface area (Å²) < 4.78 is 41.9. The number of benzene rings is 1. The first-order valence-corrected chi connectivity index (χ1v) is 8.95. The fraction of sp³-hybridized carbons (Fsp3) is 0.529. The highest BCUT2D eigenvalue weighted by molar-refractivity contribution is 6.45. The van der Waals surface area contributed by atoms with E-state index in [1.165, 1.54) is 35.0 Å². The number of hydrogen-bond donors (Lipinski definition) is 0. The van der Waals surface area contributed by atoms with Gasteiger partial charge in [0.1, 0.15) is 10.9 Å². The molecule has 0 saturated carbocycles. The van der Waals surface area contributed by atoms with Crippen molar-refractivity contribution in [3.8, 4) is 5.75 Å². The Morgan fingerprint density at radius 1 is 1.30 bits per heavy atom. The minimum atomic E-state index is -4.88. The second-order valence-corrected chi connectivity index (χ2v) is 7.84. The minimum absolute atomic E-state index is 0.00463. The van der Waals surface area contributed by atoms with Gasteiger partial charge in [0.15, 0.2) is 5.75 Å².